The monoisotopic (exact) mass is 194 g/mol. The number of aliphatic hydroxyl groups excluding tert-OH is 5. The fourth-order valence-corrected chi connectivity index (χ4v) is 0.770. The summed E-state index contributed by atoms with van der Waals surface area (Å²) >= 11 is 0. The second-order valence-electron chi connectivity index (χ2n) is 2.84. The molecule has 78 valence electrons. The molecule has 5 N–H and O–H groups in total. The van der Waals surface area contributed by atoms with E-state index in [1.165, 1.54) is 6.92 Å². The molecule has 0 aromatic rings. The van der Waals surface area contributed by atoms with Crippen LogP contribution in [0.1, 0.15) is 6.92 Å². The summed E-state index contributed by atoms with van der Waals surface area (Å²) in [6.07, 6.45) is -8.18. The largest absolute Gasteiger partial charge is 0.391 e. The Balaban J connectivity index is 4.23. The fourth-order valence-electron chi connectivity index (χ4n) is 0.770. The van der Waals surface area contributed by atoms with Gasteiger partial charge in [0.25, 0.3) is 0 Å². The molecule has 0 radical (unpaired) electrons. The van der Waals surface area contributed by atoms with Crippen LogP contribution >= 0.6 is 0 Å². The van der Waals surface area contributed by atoms with Crippen LogP contribution in [0.25, 0.3) is 0 Å². The van der Waals surface area contributed by atoms with Crippen LogP contribution < -0.4 is 0 Å². The lowest BCUT2D eigenvalue weighted by Crippen LogP contribution is -2.48. The standard InChI is InChI=1S/C7H14O6/c1-3(9)5(11)7(13)6(12)4(10)2-8/h2-7,9-13H,1H3/t3?,4-,5+,6+,7-/m0/s1. The molecule has 0 aliphatic carbocycles. The van der Waals surface area contributed by atoms with Crippen molar-refractivity contribution >= 4 is 6.29 Å². The minimum atomic E-state index is -1.80. The minimum absolute atomic E-state index is 0.0304. The molecule has 0 aromatic heterocycles. The summed E-state index contributed by atoms with van der Waals surface area (Å²) in [5.41, 5.74) is 0. The third kappa shape index (κ3) is 3.37. The molecule has 0 amide bonds. The van der Waals surface area contributed by atoms with Gasteiger partial charge < -0.3 is 30.3 Å². The van der Waals surface area contributed by atoms with Gasteiger partial charge in [-0.1, -0.05) is 0 Å². The highest BCUT2D eigenvalue weighted by molar-refractivity contribution is 5.56. The highest BCUT2D eigenvalue weighted by Gasteiger charge is 2.32. The Morgan fingerprint density at radius 3 is 1.69 bits per heavy atom. The van der Waals surface area contributed by atoms with E-state index >= 15 is 0 Å². The maximum absolute atomic E-state index is 9.98. The smallest absolute Gasteiger partial charge is 0.151 e. The van der Waals surface area contributed by atoms with E-state index in [0.29, 0.717) is 0 Å². The van der Waals surface area contributed by atoms with Gasteiger partial charge in [-0.05, 0) is 6.92 Å². The summed E-state index contributed by atoms with van der Waals surface area (Å²) in [6, 6.07) is 0. The number of hydrogen-bond acceptors (Lipinski definition) is 6. The summed E-state index contributed by atoms with van der Waals surface area (Å²) < 4.78 is 0. The molecular weight excluding hydrogens is 180 g/mol. The first-order valence-electron chi connectivity index (χ1n) is 3.77. The van der Waals surface area contributed by atoms with Gasteiger partial charge in [-0.15, -0.1) is 0 Å². The molecule has 0 spiro atoms. The van der Waals surface area contributed by atoms with Gasteiger partial charge >= 0.3 is 0 Å². The summed E-state index contributed by atoms with van der Waals surface area (Å²) in [5.74, 6) is 0. The molecule has 0 aliphatic rings. The Hall–Kier alpha value is -0.530. The van der Waals surface area contributed by atoms with Crippen molar-refractivity contribution in [3.05, 3.63) is 0 Å². The second-order valence-corrected chi connectivity index (χ2v) is 2.84. The van der Waals surface area contributed by atoms with Crippen LogP contribution in [0.4, 0.5) is 0 Å². The van der Waals surface area contributed by atoms with Crippen LogP contribution in [-0.4, -0.2) is 62.3 Å². The second kappa shape index (κ2) is 5.25. The van der Waals surface area contributed by atoms with E-state index < -0.39 is 30.5 Å². The van der Waals surface area contributed by atoms with Crippen LogP contribution in [0, 0.1) is 0 Å². The van der Waals surface area contributed by atoms with E-state index in [2.05, 4.69) is 0 Å². The molecule has 0 saturated heterocycles. The molecule has 0 rings (SSSR count). The van der Waals surface area contributed by atoms with Gasteiger partial charge in [-0.2, -0.15) is 0 Å². The van der Waals surface area contributed by atoms with Crippen LogP contribution in [0.5, 0.6) is 0 Å². The van der Waals surface area contributed by atoms with E-state index in [1.807, 2.05) is 0 Å². The van der Waals surface area contributed by atoms with Gasteiger partial charge in [0.05, 0.1) is 6.10 Å². The minimum Gasteiger partial charge on any atom is -0.391 e. The van der Waals surface area contributed by atoms with E-state index in [-0.39, 0.29) is 6.29 Å². The molecule has 0 saturated carbocycles. The number of aldehydes is 1. The van der Waals surface area contributed by atoms with Crippen molar-refractivity contribution < 1.29 is 30.3 Å². The molecule has 0 heterocycles. The SMILES string of the molecule is CC(O)[C@@H](O)[C@H](O)[C@H](O)[C@@H](O)C=O. The van der Waals surface area contributed by atoms with Crippen molar-refractivity contribution in [1.82, 2.24) is 0 Å². The molecule has 13 heavy (non-hydrogen) atoms. The molecule has 0 aliphatic heterocycles. The average molecular weight is 194 g/mol. The molecule has 6 heteroatoms. The Morgan fingerprint density at radius 2 is 1.38 bits per heavy atom. The molecule has 0 fully saturated rings. The van der Waals surface area contributed by atoms with Gasteiger partial charge in [0.1, 0.15) is 24.4 Å². The van der Waals surface area contributed by atoms with E-state index in [4.69, 9.17) is 25.5 Å². The van der Waals surface area contributed by atoms with Crippen molar-refractivity contribution in [3.63, 3.8) is 0 Å². The number of carbonyl (C=O) groups is 1. The number of aliphatic hydroxyl groups is 5. The first-order chi connectivity index (χ1) is 5.91. The zero-order valence-corrected chi connectivity index (χ0v) is 7.11. The van der Waals surface area contributed by atoms with Crippen LogP contribution in [0.3, 0.4) is 0 Å². The molecule has 5 atom stereocenters. The lowest BCUT2D eigenvalue weighted by Gasteiger charge is -2.25. The lowest BCUT2D eigenvalue weighted by molar-refractivity contribution is -0.142. The summed E-state index contributed by atoms with van der Waals surface area (Å²) in [4.78, 5) is 9.98. The van der Waals surface area contributed by atoms with Crippen molar-refractivity contribution in [3.8, 4) is 0 Å². The van der Waals surface area contributed by atoms with Gasteiger partial charge in [0, 0.05) is 0 Å². The van der Waals surface area contributed by atoms with Gasteiger partial charge in [-0.25, -0.2) is 0 Å². The van der Waals surface area contributed by atoms with E-state index in [0.717, 1.165) is 0 Å². The van der Waals surface area contributed by atoms with Crippen molar-refractivity contribution in [2.24, 2.45) is 0 Å². The normalized spacial score (nSPS) is 22.9. The van der Waals surface area contributed by atoms with Gasteiger partial charge in [0.15, 0.2) is 6.29 Å². The Morgan fingerprint density at radius 1 is 0.923 bits per heavy atom. The highest BCUT2D eigenvalue weighted by Crippen LogP contribution is 2.06. The predicted octanol–water partition coefficient (Wildman–Crippen LogP) is -2.99. The lowest BCUT2D eigenvalue weighted by atomic mass is 10.0. The van der Waals surface area contributed by atoms with Crippen LogP contribution in [0.2, 0.25) is 0 Å². The predicted molar refractivity (Wildman–Crippen MR) is 41.8 cm³/mol. The van der Waals surface area contributed by atoms with Gasteiger partial charge in [-0.3, -0.25) is 0 Å². The Bertz CT molecular complexity index is 159. The van der Waals surface area contributed by atoms with Crippen molar-refractivity contribution in [2.45, 2.75) is 37.4 Å². The molecule has 1 unspecified atom stereocenters. The molecule has 0 bridgehead atoms. The zero-order chi connectivity index (χ0) is 10.6. The van der Waals surface area contributed by atoms with Crippen LogP contribution in [0.15, 0.2) is 0 Å². The topological polar surface area (TPSA) is 118 Å². The zero-order valence-electron chi connectivity index (χ0n) is 7.11. The Kier molecular flexibility index (Phi) is 5.04. The third-order valence-electron chi connectivity index (χ3n) is 1.68. The first-order valence-corrected chi connectivity index (χ1v) is 3.77. The van der Waals surface area contributed by atoms with Crippen molar-refractivity contribution in [1.29, 1.82) is 0 Å². The number of hydrogen-bond donors (Lipinski definition) is 5. The molecule has 6 nitrogen and oxygen atoms in total. The van der Waals surface area contributed by atoms with Crippen LogP contribution in [-0.2, 0) is 4.79 Å². The quantitative estimate of drug-likeness (QED) is 0.298. The number of carbonyl (C=O) groups excluding carboxylic acids is 1. The Labute approximate surface area is 75.1 Å². The summed E-state index contributed by atoms with van der Waals surface area (Å²) in [7, 11) is 0. The fraction of sp³-hybridized carbons (Fsp3) is 0.857. The van der Waals surface area contributed by atoms with E-state index in [9.17, 15) is 4.79 Å². The van der Waals surface area contributed by atoms with Crippen molar-refractivity contribution in [2.75, 3.05) is 0 Å². The third-order valence-corrected chi connectivity index (χ3v) is 1.68. The molecular formula is C7H14O6. The summed E-state index contributed by atoms with van der Waals surface area (Å²) in [5, 5.41) is 44.7. The number of rotatable bonds is 5. The average Bonchev–Trinajstić information content (AvgIpc) is 2.12. The van der Waals surface area contributed by atoms with Gasteiger partial charge in [0.2, 0.25) is 0 Å². The summed E-state index contributed by atoms with van der Waals surface area (Å²) in [6.45, 7) is 1.20. The molecule has 0 aromatic carbocycles. The van der Waals surface area contributed by atoms with E-state index in [1.54, 1.807) is 0 Å². The maximum Gasteiger partial charge on any atom is 0.151 e. The highest BCUT2D eigenvalue weighted by atomic mass is 16.4. The maximum atomic E-state index is 9.98. The first kappa shape index (κ1) is 12.5.